The number of carboxylic acid groups (broad SMARTS) is 1. The molecule has 0 unspecified atom stereocenters. The fourth-order valence-corrected chi connectivity index (χ4v) is 2.09. The van der Waals surface area contributed by atoms with Crippen LogP contribution >= 0.6 is 0 Å². The molecule has 2 rings (SSSR count). The minimum Gasteiger partial charge on any atom is -0.478 e. The van der Waals surface area contributed by atoms with E-state index >= 15 is 0 Å². The van der Waals surface area contributed by atoms with Crippen molar-refractivity contribution in [2.75, 3.05) is 23.7 Å². The van der Waals surface area contributed by atoms with Gasteiger partial charge in [0.2, 0.25) is 0 Å². The van der Waals surface area contributed by atoms with Crippen LogP contribution in [-0.2, 0) is 0 Å². The number of rotatable bonds is 2. The number of nitrogens with two attached hydrogens (primary N) is 1. The lowest BCUT2D eigenvalue weighted by Crippen LogP contribution is -2.29. The Morgan fingerprint density at radius 2 is 1.94 bits per heavy atom. The number of nitrogen functional groups attached to an aromatic ring is 1. The van der Waals surface area contributed by atoms with Crippen molar-refractivity contribution in [3.05, 3.63) is 23.8 Å². The van der Waals surface area contributed by atoms with Gasteiger partial charge in [0.25, 0.3) is 0 Å². The highest BCUT2D eigenvalue weighted by Gasteiger charge is 2.13. The largest absolute Gasteiger partial charge is 0.478 e. The summed E-state index contributed by atoms with van der Waals surface area (Å²) >= 11 is 0. The molecule has 1 saturated heterocycles. The molecule has 86 valence electrons. The molecular formula is C12H16N2O2. The van der Waals surface area contributed by atoms with E-state index in [1.165, 1.54) is 19.3 Å². The maximum Gasteiger partial charge on any atom is 0.337 e. The summed E-state index contributed by atoms with van der Waals surface area (Å²) in [5, 5.41) is 8.87. The number of carboxylic acids is 1. The van der Waals surface area contributed by atoms with Gasteiger partial charge in [-0.15, -0.1) is 0 Å². The van der Waals surface area contributed by atoms with Gasteiger partial charge in [-0.1, -0.05) is 0 Å². The van der Waals surface area contributed by atoms with Crippen LogP contribution in [0.4, 0.5) is 11.4 Å². The van der Waals surface area contributed by atoms with E-state index in [2.05, 4.69) is 4.90 Å². The molecule has 0 aliphatic carbocycles. The monoisotopic (exact) mass is 220 g/mol. The average molecular weight is 220 g/mol. The zero-order valence-corrected chi connectivity index (χ0v) is 9.15. The first-order valence-electron chi connectivity index (χ1n) is 5.56. The van der Waals surface area contributed by atoms with E-state index in [0.717, 1.165) is 18.8 Å². The molecule has 0 bridgehead atoms. The molecule has 0 spiro atoms. The van der Waals surface area contributed by atoms with Crippen LogP contribution in [0.25, 0.3) is 0 Å². The van der Waals surface area contributed by atoms with Gasteiger partial charge in [0.05, 0.1) is 5.56 Å². The smallest absolute Gasteiger partial charge is 0.337 e. The van der Waals surface area contributed by atoms with Crippen molar-refractivity contribution in [3.63, 3.8) is 0 Å². The second kappa shape index (κ2) is 4.43. The second-order valence-corrected chi connectivity index (χ2v) is 4.12. The van der Waals surface area contributed by atoms with Gasteiger partial charge in [-0.2, -0.15) is 0 Å². The summed E-state index contributed by atoms with van der Waals surface area (Å²) in [6.07, 6.45) is 3.67. The summed E-state index contributed by atoms with van der Waals surface area (Å²) in [7, 11) is 0. The van der Waals surface area contributed by atoms with E-state index in [0.29, 0.717) is 5.69 Å². The molecule has 1 aliphatic rings. The highest BCUT2D eigenvalue weighted by molar-refractivity contribution is 5.94. The molecule has 1 heterocycles. The molecule has 3 N–H and O–H groups in total. The van der Waals surface area contributed by atoms with E-state index < -0.39 is 5.97 Å². The topological polar surface area (TPSA) is 66.6 Å². The summed E-state index contributed by atoms with van der Waals surface area (Å²) in [6.45, 7) is 2.07. The number of carbonyl (C=O) groups is 1. The number of hydrogen-bond donors (Lipinski definition) is 2. The minimum atomic E-state index is -0.970. The Labute approximate surface area is 94.7 Å². The number of aromatic carboxylic acids is 1. The molecule has 0 atom stereocenters. The molecule has 1 fully saturated rings. The molecule has 0 aromatic heterocycles. The zero-order valence-electron chi connectivity index (χ0n) is 9.15. The quantitative estimate of drug-likeness (QED) is 0.748. The Bertz CT molecular complexity index is 398. The second-order valence-electron chi connectivity index (χ2n) is 4.12. The third-order valence-corrected chi connectivity index (χ3v) is 2.99. The van der Waals surface area contributed by atoms with Crippen molar-refractivity contribution >= 4 is 17.3 Å². The van der Waals surface area contributed by atoms with Crippen LogP contribution in [0.2, 0.25) is 0 Å². The molecular weight excluding hydrogens is 204 g/mol. The van der Waals surface area contributed by atoms with Crippen LogP contribution in [0.3, 0.4) is 0 Å². The van der Waals surface area contributed by atoms with Crippen LogP contribution in [0, 0.1) is 0 Å². The van der Waals surface area contributed by atoms with Crippen LogP contribution < -0.4 is 10.6 Å². The Kier molecular flexibility index (Phi) is 2.99. The van der Waals surface area contributed by atoms with Gasteiger partial charge in [-0.05, 0) is 37.5 Å². The van der Waals surface area contributed by atoms with E-state index in [4.69, 9.17) is 10.8 Å². The molecule has 0 radical (unpaired) electrons. The van der Waals surface area contributed by atoms with Gasteiger partial charge >= 0.3 is 5.97 Å². The standard InChI is InChI=1S/C12H16N2O2/c13-11-8-9(4-5-10(11)12(15)16)14-6-2-1-3-7-14/h4-5,8H,1-3,6-7,13H2,(H,15,16). The zero-order chi connectivity index (χ0) is 11.5. The molecule has 4 nitrogen and oxygen atoms in total. The maximum atomic E-state index is 10.8. The lowest BCUT2D eigenvalue weighted by molar-refractivity contribution is 0.0698. The molecule has 0 amide bonds. The summed E-state index contributed by atoms with van der Waals surface area (Å²) in [5.41, 5.74) is 7.28. The van der Waals surface area contributed by atoms with E-state index in [1.54, 1.807) is 12.1 Å². The van der Waals surface area contributed by atoms with Crippen molar-refractivity contribution < 1.29 is 9.90 Å². The predicted octanol–water partition coefficient (Wildman–Crippen LogP) is 1.96. The molecule has 1 aromatic rings. The lowest BCUT2D eigenvalue weighted by atomic mass is 10.1. The predicted molar refractivity (Wildman–Crippen MR) is 63.9 cm³/mol. The first kappa shape index (κ1) is 10.8. The van der Waals surface area contributed by atoms with E-state index in [1.807, 2.05) is 6.07 Å². The maximum absolute atomic E-state index is 10.8. The van der Waals surface area contributed by atoms with Gasteiger partial charge in [0.15, 0.2) is 0 Å². The van der Waals surface area contributed by atoms with Crippen LogP contribution in [0.1, 0.15) is 29.6 Å². The van der Waals surface area contributed by atoms with Gasteiger partial charge in [-0.3, -0.25) is 0 Å². The highest BCUT2D eigenvalue weighted by Crippen LogP contribution is 2.24. The number of hydrogen-bond acceptors (Lipinski definition) is 3. The van der Waals surface area contributed by atoms with Crippen molar-refractivity contribution in [1.29, 1.82) is 0 Å². The Morgan fingerprint density at radius 3 is 2.50 bits per heavy atom. The Balaban J connectivity index is 2.23. The number of anilines is 2. The van der Waals surface area contributed by atoms with Crippen molar-refractivity contribution in [2.45, 2.75) is 19.3 Å². The van der Waals surface area contributed by atoms with Gasteiger partial charge in [0.1, 0.15) is 0 Å². The van der Waals surface area contributed by atoms with E-state index in [-0.39, 0.29) is 5.56 Å². The van der Waals surface area contributed by atoms with Crippen LogP contribution in [0.15, 0.2) is 18.2 Å². The molecule has 4 heteroatoms. The fraction of sp³-hybridized carbons (Fsp3) is 0.417. The molecule has 1 aromatic carbocycles. The first-order chi connectivity index (χ1) is 7.68. The summed E-state index contributed by atoms with van der Waals surface area (Å²) in [5.74, 6) is -0.970. The average Bonchev–Trinajstić information content (AvgIpc) is 2.29. The molecule has 1 aliphatic heterocycles. The number of piperidine rings is 1. The van der Waals surface area contributed by atoms with Crippen molar-refractivity contribution in [2.24, 2.45) is 0 Å². The third-order valence-electron chi connectivity index (χ3n) is 2.99. The summed E-state index contributed by atoms with van der Waals surface area (Å²) < 4.78 is 0. The first-order valence-corrected chi connectivity index (χ1v) is 5.56. The molecule has 0 saturated carbocycles. The highest BCUT2D eigenvalue weighted by atomic mass is 16.4. The fourth-order valence-electron chi connectivity index (χ4n) is 2.09. The summed E-state index contributed by atoms with van der Waals surface area (Å²) in [6, 6.07) is 5.18. The minimum absolute atomic E-state index is 0.181. The van der Waals surface area contributed by atoms with Gasteiger partial charge in [-0.25, -0.2) is 4.79 Å². The normalized spacial score (nSPS) is 16.1. The van der Waals surface area contributed by atoms with Crippen molar-refractivity contribution in [1.82, 2.24) is 0 Å². The van der Waals surface area contributed by atoms with Crippen molar-refractivity contribution in [3.8, 4) is 0 Å². The van der Waals surface area contributed by atoms with Crippen LogP contribution in [-0.4, -0.2) is 24.2 Å². The summed E-state index contributed by atoms with van der Waals surface area (Å²) in [4.78, 5) is 13.1. The SMILES string of the molecule is Nc1cc(N2CCCCC2)ccc1C(=O)O. The van der Waals surface area contributed by atoms with Gasteiger partial charge < -0.3 is 15.7 Å². The number of nitrogens with zero attached hydrogens (tertiary/aromatic N) is 1. The Hall–Kier alpha value is -1.71. The lowest BCUT2D eigenvalue weighted by Gasteiger charge is -2.29. The number of benzene rings is 1. The molecule has 16 heavy (non-hydrogen) atoms. The Morgan fingerprint density at radius 1 is 1.25 bits per heavy atom. The van der Waals surface area contributed by atoms with E-state index in [9.17, 15) is 4.79 Å². The van der Waals surface area contributed by atoms with Gasteiger partial charge in [0, 0.05) is 24.5 Å². The van der Waals surface area contributed by atoms with Crippen LogP contribution in [0.5, 0.6) is 0 Å². The third kappa shape index (κ3) is 2.10.